The van der Waals surface area contributed by atoms with E-state index in [1.807, 2.05) is 0 Å². The molecule has 3 rings (SSSR count). The minimum atomic E-state index is -0.166. The quantitative estimate of drug-likeness (QED) is 0.853. The Bertz CT molecular complexity index is 578. The van der Waals surface area contributed by atoms with Gasteiger partial charge >= 0.3 is 0 Å². The molecule has 2 aromatic rings. The monoisotopic (exact) mass is 244 g/mol. The van der Waals surface area contributed by atoms with Crippen LogP contribution in [-0.2, 0) is 24.2 Å². The van der Waals surface area contributed by atoms with Crippen LogP contribution in [0.15, 0.2) is 18.2 Å². The van der Waals surface area contributed by atoms with Crippen molar-refractivity contribution in [3.05, 3.63) is 35.0 Å². The minimum Gasteiger partial charge on any atom is -0.376 e. The summed E-state index contributed by atoms with van der Waals surface area (Å²) in [6.45, 7) is 5.67. The zero-order valence-electron chi connectivity index (χ0n) is 11.0. The number of aromatic nitrogens is 1. The maximum absolute atomic E-state index is 6.09. The summed E-state index contributed by atoms with van der Waals surface area (Å²) in [5, 5.41) is 1.30. The first-order chi connectivity index (χ1) is 8.53. The molecule has 1 aliphatic heterocycles. The first-order valence-electron chi connectivity index (χ1n) is 6.52. The summed E-state index contributed by atoms with van der Waals surface area (Å²) in [7, 11) is 0. The van der Waals surface area contributed by atoms with E-state index >= 15 is 0 Å². The van der Waals surface area contributed by atoms with Crippen LogP contribution in [0.2, 0.25) is 0 Å². The summed E-state index contributed by atoms with van der Waals surface area (Å²) in [6.07, 6.45) is 1.88. The molecule has 0 amide bonds. The van der Waals surface area contributed by atoms with Gasteiger partial charge < -0.3 is 15.5 Å². The van der Waals surface area contributed by atoms with Gasteiger partial charge in [0.25, 0.3) is 0 Å². The molecule has 0 fully saturated rings. The van der Waals surface area contributed by atoms with E-state index in [2.05, 4.69) is 37.0 Å². The smallest absolute Gasteiger partial charge is 0.0740 e. The second kappa shape index (κ2) is 4.11. The molecule has 96 valence electrons. The van der Waals surface area contributed by atoms with Crippen molar-refractivity contribution in [2.45, 2.75) is 38.8 Å². The average molecular weight is 244 g/mol. The van der Waals surface area contributed by atoms with Gasteiger partial charge in [0.05, 0.1) is 13.2 Å². The summed E-state index contributed by atoms with van der Waals surface area (Å²) >= 11 is 0. The summed E-state index contributed by atoms with van der Waals surface area (Å²) in [4.78, 5) is 3.49. The van der Waals surface area contributed by atoms with Crippen molar-refractivity contribution in [1.29, 1.82) is 0 Å². The second-order valence-corrected chi connectivity index (χ2v) is 5.93. The number of nitrogens with one attached hydrogen (secondary N) is 1. The number of nitrogens with two attached hydrogens (primary N) is 1. The van der Waals surface area contributed by atoms with Gasteiger partial charge in [0.2, 0.25) is 0 Å². The number of ether oxygens (including phenoxy) is 1. The highest BCUT2D eigenvalue weighted by Gasteiger charge is 2.17. The van der Waals surface area contributed by atoms with E-state index in [0.717, 1.165) is 26.1 Å². The number of rotatable bonds is 2. The van der Waals surface area contributed by atoms with Crippen LogP contribution in [0.3, 0.4) is 0 Å². The number of hydrogen-bond acceptors (Lipinski definition) is 2. The van der Waals surface area contributed by atoms with E-state index in [1.165, 1.54) is 27.7 Å². The lowest BCUT2D eigenvalue weighted by molar-refractivity contribution is 0.111. The van der Waals surface area contributed by atoms with E-state index in [-0.39, 0.29) is 5.54 Å². The zero-order chi connectivity index (χ0) is 12.8. The maximum atomic E-state index is 6.09. The molecule has 1 aromatic heterocycles. The van der Waals surface area contributed by atoms with E-state index in [0.29, 0.717) is 0 Å². The lowest BCUT2D eigenvalue weighted by Crippen LogP contribution is -2.34. The number of H-pyrrole nitrogens is 1. The average Bonchev–Trinajstić information content (AvgIpc) is 2.65. The molecule has 0 unspecified atom stereocenters. The molecule has 3 N–H and O–H groups in total. The Labute approximate surface area is 107 Å². The van der Waals surface area contributed by atoms with Gasteiger partial charge in [0, 0.05) is 34.1 Å². The van der Waals surface area contributed by atoms with Gasteiger partial charge in [0.15, 0.2) is 0 Å². The minimum absolute atomic E-state index is 0.166. The third kappa shape index (κ3) is 2.16. The van der Waals surface area contributed by atoms with E-state index in [4.69, 9.17) is 10.5 Å². The van der Waals surface area contributed by atoms with Crippen LogP contribution in [0.5, 0.6) is 0 Å². The highest BCUT2D eigenvalue weighted by molar-refractivity contribution is 5.85. The number of fused-ring (bicyclic) bond motifs is 3. The Morgan fingerprint density at radius 1 is 1.39 bits per heavy atom. The van der Waals surface area contributed by atoms with Crippen LogP contribution >= 0.6 is 0 Å². The molecule has 0 spiro atoms. The number of benzene rings is 1. The molecule has 18 heavy (non-hydrogen) atoms. The largest absolute Gasteiger partial charge is 0.376 e. The van der Waals surface area contributed by atoms with Gasteiger partial charge in [-0.15, -0.1) is 0 Å². The van der Waals surface area contributed by atoms with E-state index in [9.17, 15) is 0 Å². The summed E-state index contributed by atoms with van der Waals surface area (Å²) in [5.41, 5.74) is 11.1. The van der Waals surface area contributed by atoms with E-state index < -0.39 is 0 Å². The highest BCUT2D eigenvalue weighted by Crippen LogP contribution is 2.28. The molecular formula is C15H20N2O. The van der Waals surface area contributed by atoms with Crippen molar-refractivity contribution in [2.75, 3.05) is 6.61 Å². The van der Waals surface area contributed by atoms with E-state index in [1.54, 1.807) is 0 Å². The topological polar surface area (TPSA) is 51.0 Å². The van der Waals surface area contributed by atoms with Crippen LogP contribution in [0.25, 0.3) is 10.9 Å². The predicted molar refractivity (Wildman–Crippen MR) is 73.6 cm³/mol. The Balaban J connectivity index is 2.05. The van der Waals surface area contributed by atoms with Gasteiger partial charge in [-0.25, -0.2) is 0 Å². The van der Waals surface area contributed by atoms with Crippen LogP contribution in [0.1, 0.15) is 30.7 Å². The standard InChI is InChI=1S/C15H20N2O/c1-15(2,16)8-10-3-4-13-11(7-10)12-9-18-6-5-14(12)17-13/h3-4,7,17H,5-6,8-9,16H2,1-2H3. The van der Waals surface area contributed by atoms with Gasteiger partial charge in [-0.2, -0.15) is 0 Å². The molecular weight excluding hydrogens is 224 g/mol. The lowest BCUT2D eigenvalue weighted by atomic mass is 9.95. The Morgan fingerprint density at radius 3 is 3.00 bits per heavy atom. The van der Waals surface area contributed by atoms with Crippen molar-refractivity contribution < 1.29 is 4.74 Å². The third-order valence-electron chi connectivity index (χ3n) is 3.46. The molecule has 3 nitrogen and oxygen atoms in total. The number of aromatic amines is 1. The first-order valence-corrected chi connectivity index (χ1v) is 6.52. The van der Waals surface area contributed by atoms with Crippen molar-refractivity contribution in [3.8, 4) is 0 Å². The molecule has 0 saturated heterocycles. The molecule has 3 heteroatoms. The fraction of sp³-hybridized carbons (Fsp3) is 0.467. The highest BCUT2D eigenvalue weighted by atomic mass is 16.5. The van der Waals surface area contributed by atoms with Gasteiger partial charge in [-0.05, 0) is 38.0 Å². The molecule has 0 atom stereocenters. The van der Waals surface area contributed by atoms with Crippen molar-refractivity contribution in [1.82, 2.24) is 4.98 Å². The molecule has 0 radical (unpaired) electrons. The summed E-state index contributed by atoms with van der Waals surface area (Å²) < 4.78 is 5.56. The fourth-order valence-electron chi connectivity index (χ4n) is 2.71. The normalized spacial score (nSPS) is 15.9. The summed E-state index contributed by atoms with van der Waals surface area (Å²) in [6, 6.07) is 6.59. The Hall–Kier alpha value is -1.32. The Morgan fingerprint density at radius 2 is 2.22 bits per heavy atom. The van der Waals surface area contributed by atoms with Crippen LogP contribution in [-0.4, -0.2) is 17.1 Å². The van der Waals surface area contributed by atoms with Crippen molar-refractivity contribution in [3.63, 3.8) is 0 Å². The van der Waals surface area contributed by atoms with Gasteiger partial charge in [-0.3, -0.25) is 0 Å². The van der Waals surface area contributed by atoms with Crippen LogP contribution < -0.4 is 5.73 Å². The fourth-order valence-corrected chi connectivity index (χ4v) is 2.71. The van der Waals surface area contributed by atoms with Crippen LogP contribution in [0.4, 0.5) is 0 Å². The molecule has 1 aromatic carbocycles. The molecule has 0 bridgehead atoms. The SMILES string of the molecule is CC(C)(N)Cc1ccc2[nH]c3c(c2c1)COCC3. The predicted octanol–water partition coefficient (Wildman–Crippen LogP) is 2.52. The van der Waals surface area contributed by atoms with Crippen molar-refractivity contribution in [2.24, 2.45) is 5.73 Å². The third-order valence-corrected chi connectivity index (χ3v) is 3.46. The molecule has 0 saturated carbocycles. The van der Waals surface area contributed by atoms with Gasteiger partial charge in [0.1, 0.15) is 0 Å². The first kappa shape index (κ1) is 11.8. The molecule has 2 heterocycles. The molecule has 0 aliphatic carbocycles. The van der Waals surface area contributed by atoms with Gasteiger partial charge in [-0.1, -0.05) is 6.07 Å². The summed E-state index contributed by atoms with van der Waals surface area (Å²) in [5.74, 6) is 0. The maximum Gasteiger partial charge on any atom is 0.0740 e. The lowest BCUT2D eigenvalue weighted by Gasteiger charge is -2.18. The van der Waals surface area contributed by atoms with Crippen molar-refractivity contribution >= 4 is 10.9 Å². The van der Waals surface area contributed by atoms with Crippen LogP contribution in [0, 0.1) is 0 Å². The molecule has 1 aliphatic rings. The zero-order valence-corrected chi connectivity index (χ0v) is 11.0. The second-order valence-electron chi connectivity index (χ2n) is 5.93. The number of hydrogen-bond donors (Lipinski definition) is 2. The Kier molecular flexibility index (Phi) is 2.68.